The number of rotatable bonds is 3. The van der Waals surface area contributed by atoms with Crippen LogP contribution < -0.4 is 10.6 Å². The van der Waals surface area contributed by atoms with Crippen LogP contribution in [0, 0.1) is 5.92 Å². The van der Waals surface area contributed by atoms with Gasteiger partial charge in [-0.25, -0.2) is 4.98 Å². The van der Waals surface area contributed by atoms with Gasteiger partial charge in [0.15, 0.2) is 0 Å². The predicted octanol–water partition coefficient (Wildman–Crippen LogP) is 3.35. The lowest BCUT2D eigenvalue weighted by Gasteiger charge is -2.30. The lowest BCUT2D eigenvalue weighted by Crippen LogP contribution is -2.35. The Morgan fingerprint density at radius 2 is 2.00 bits per heavy atom. The highest BCUT2D eigenvalue weighted by molar-refractivity contribution is 6.31. The van der Waals surface area contributed by atoms with Gasteiger partial charge in [0.1, 0.15) is 5.82 Å². The maximum atomic E-state index is 6.11. The SMILES string of the molecule is NCc1nc(N2CCCC2C2CCCC2)ccc1Cl. The van der Waals surface area contributed by atoms with Crippen molar-refractivity contribution >= 4 is 17.4 Å². The fourth-order valence-corrected chi connectivity index (χ4v) is 3.87. The minimum Gasteiger partial charge on any atom is -0.353 e. The van der Waals surface area contributed by atoms with Crippen LogP contribution >= 0.6 is 11.6 Å². The number of pyridine rings is 1. The Morgan fingerprint density at radius 3 is 2.74 bits per heavy atom. The lowest BCUT2D eigenvalue weighted by molar-refractivity contribution is 0.429. The van der Waals surface area contributed by atoms with E-state index in [1.807, 2.05) is 6.07 Å². The molecule has 0 radical (unpaired) electrons. The molecule has 0 amide bonds. The number of anilines is 1. The van der Waals surface area contributed by atoms with Gasteiger partial charge in [-0.05, 0) is 43.7 Å². The van der Waals surface area contributed by atoms with Crippen molar-refractivity contribution in [3.8, 4) is 0 Å². The van der Waals surface area contributed by atoms with Crippen LogP contribution in [0.3, 0.4) is 0 Å². The van der Waals surface area contributed by atoms with Crippen molar-refractivity contribution in [2.24, 2.45) is 11.7 Å². The standard InChI is InChI=1S/C15H22ClN3/c16-12-7-8-15(18-13(12)10-17)19-9-3-6-14(19)11-4-1-2-5-11/h7-8,11,14H,1-6,9-10,17H2. The first-order chi connectivity index (χ1) is 9.29. The van der Waals surface area contributed by atoms with E-state index < -0.39 is 0 Å². The summed E-state index contributed by atoms with van der Waals surface area (Å²) in [7, 11) is 0. The molecule has 2 fully saturated rings. The maximum Gasteiger partial charge on any atom is 0.129 e. The molecule has 2 N–H and O–H groups in total. The molecule has 104 valence electrons. The van der Waals surface area contributed by atoms with Gasteiger partial charge in [0, 0.05) is 19.1 Å². The first-order valence-electron chi connectivity index (χ1n) is 7.41. The molecule has 2 heterocycles. The van der Waals surface area contributed by atoms with E-state index in [-0.39, 0.29) is 0 Å². The first-order valence-corrected chi connectivity index (χ1v) is 7.79. The van der Waals surface area contributed by atoms with Crippen molar-refractivity contribution in [3.63, 3.8) is 0 Å². The van der Waals surface area contributed by atoms with E-state index in [0.717, 1.165) is 24.0 Å². The molecule has 3 nitrogen and oxygen atoms in total. The van der Waals surface area contributed by atoms with Crippen LogP contribution in [0.4, 0.5) is 5.82 Å². The maximum absolute atomic E-state index is 6.11. The van der Waals surface area contributed by atoms with Gasteiger partial charge in [0.2, 0.25) is 0 Å². The van der Waals surface area contributed by atoms with Crippen molar-refractivity contribution in [3.05, 3.63) is 22.8 Å². The van der Waals surface area contributed by atoms with Crippen LogP contribution in [0.15, 0.2) is 12.1 Å². The molecule has 1 aromatic heterocycles. The van der Waals surface area contributed by atoms with E-state index in [4.69, 9.17) is 17.3 Å². The molecule has 0 spiro atoms. The van der Waals surface area contributed by atoms with E-state index >= 15 is 0 Å². The first kappa shape index (κ1) is 13.2. The minimum absolute atomic E-state index is 0.411. The second-order valence-corrected chi connectivity index (χ2v) is 6.16. The molecule has 0 aromatic carbocycles. The number of nitrogens with two attached hydrogens (primary N) is 1. The summed E-state index contributed by atoms with van der Waals surface area (Å²) in [6.45, 7) is 1.54. The summed E-state index contributed by atoms with van der Waals surface area (Å²) in [5, 5.41) is 0.683. The quantitative estimate of drug-likeness (QED) is 0.923. The summed E-state index contributed by atoms with van der Waals surface area (Å²) in [4.78, 5) is 7.15. The second-order valence-electron chi connectivity index (χ2n) is 5.75. The molecule has 0 bridgehead atoms. The van der Waals surface area contributed by atoms with Gasteiger partial charge in [-0.2, -0.15) is 0 Å². The Morgan fingerprint density at radius 1 is 1.21 bits per heavy atom. The van der Waals surface area contributed by atoms with Gasteiger partial charge in [-0.1, -0.05) is 24.4 Å². The monoisotopic (exact) mass is 279 g/mol. The summed E-state index contributed by atoms with van der Waals surface area (Å²) in [5.74, 6) is 1.93. The summed E-state index contributed by atoms with van der Waals surface area (Å²) < 4.78 is 0. The smallest absolute Gasteiger partial charge is 0.129 e. The van der Waals surface area contributed by atoms with Crippen molar-refractivity contribution < 1.29 is 0 Å². The second kappa shape index (κ2) is 5.68. The summed E-state index contributed by atoms with van der Waals surface area (Å²) >= 11 is 6.11. The van der Waals surface area contributed by atoms with Gasteiger partial charge in [-0.15, -0.1) is 0 Å². The van der Waals surface area contributed by atoms with Crippen molar-refractivity contribution in [2.75, 3.05) is 11.4 Å². The third-order valence-electron chi connectivity index (χ3n) is 4.63. The predicted molar refractivity (Wildman–Crippen MR) is 79.5 cm³/mol. The largest absolute Gasteiger partial charge is 0.353 e. The molecular weight excluding hydrogens is 258 g/mol. The van der Waals surface area contributed by atoms with Gasteiger partial charge >= 0.3 is 0 Å². The topological polar surface area (TPSA) is 42.1 Å². The van der Waals surface area contributed by atoms with Gasteiger partial charge in [0.25, 0.3) is 0 Å². The average molecular weight is 280 g/mol. The van der Waals surface area contributed by atoms with Crippen LogP contribution in [0.5, 0.6) is 0 Å². The van der Waals surface area contributed by atoms with Crippen LogP contribution in [0.2, 0.25) is 5.02 Å². The fraction of sp³-hybridized carbons (Fsp3) is 0.667. The van der Waals surface area contributed by atoms with E-state index in [0.29, 0.717) is 17.6 Å². The molecule has 1 unspecified atom stereocenters. The number of hydrogen-bond acceptors (Lipinski definition) is 3. The lowest BCUT2D eigenvalue weighted by atomic mass is 9.96. The fourth-order valence-electron chi connectivity index (χ4n) is 3.69. The third kappa shape index (κ3) is 2.59. The van der Waals surface area contributed by atoms with Crippen molar-refractivity contribution in [2.45, 2.75) is 51.1 Å². The minimum atomic E-state index is 0.411. The summed E-state index contributed by atoms with van der Waals surface area (Å²) in [6, 6.07) is 4.67. The Bertz CT molecular complexity index is 443. The summed E-state index contributed by atoms with van der Waals surface area (Å²) in [6.07, 6.45) is 8.17. The highest BCUT2D eigenvalue weighted by atomic mass is 35.5. The zero-order valence-electron chi connectivity index (χ0n) is 11.3. The van der Waals surface area contributed by atoms with Crippen molar-refractivity contribution in [1.29, 1.82) is 0 Å². The highest BCUT2D eigenvalue weighted by Crippen LogP contribution is 2.37. The molecule has 3 rings (SSSR count). The van der Waals surface area contributed by atoms with E-state index in [2.05, 4.69) is 16.0 Å². The molecule has 1 aliphatic carbocycles. The number of aromatic nitrogens is 1. The van der Waals surface area contributed by atoms with E-state index in [9.17, 15) is 0 Å². The zero-order chi connectivity index (χ0) is 13.2. The molecule has 4 heteroatoms. The average Bonchev–Trinajstić information content (AvgIpc) is 3.09. The Labute approximate surface area is 120 Å². The van der Waals surface area contributed by atoms with Crippen molar-refractivity contribution in [1.82, 2.24) is 4.98 Å². The molecule has 1 atom stereocenters. The van der Waals surface area contributed by atoms with E-state index in [1.165, 1.54) is 38.5 Å². The number of nitrogens with zero attached hydrogens (tertiary/aromatic N) is 2. The molecule has 1 aliphatic heterocycles. The molecular formula is C15H22ClN3. The van der Waals surface area contributed by atoms with Crippen LogP contribution in [-0.4, -0.2) is 17.6 Å². The zero-order valence-corrected chi connectivity index (χ0v) is 12.1. The molecule has 1 saturated carbocycles. The number of hydrogen-bond donors (Lipinski definition) is 1. The van der Waals surface area contributed by atoms with Gasteiger partial charge < -0.3 is 10.6 Å². The van der Waals surface area contributed by atoms with Crippen LogP contribution in [0.1, 0.15) is 44.2 Å². The van der Waals surface area contributed by atoms with Gasteiger partial charge in [0.05, 0.1) is 10.7 Å². The molecule has 19 heavy (non-hydrogen) atoms. The Hall–Kier alpha value is -0.800. The Kier molecular flexibility index (Phi) is 3.94. The van der Waals surface area contributed by atoms with Gasteiger partial charge in [-0.3, -0.25) is 0 Å². The van der Waals surface area contributed by atoms with Crippen LogP contribution in [0.25, 0.3) is 0 Å². The van der Waals surface area contributed by atoms with E-state index in [1.54, 1.807) is 0 Å². The Balaban J connectivity index is 1.83. The normalized spacial score (nSPS) is 24.3. The summed E-state index contributed by atoms with van der Waals surface area (Å²) in [5.41, 5.74) is 6.53. The molecule has 1 aromatic rings. The van der Waals surface area contributed by atoms with Crippen LogP contribution in [-0.2, 0) is 6.54 Å². The highest BCUT2D eigenvalue weighted by Gasteiger charge is 2.34. The molecule has 1 saturated heterocycles. The third-order valence-corrected chi connectivity index (χ3v) is 4.98. The number of halogens is 1. The molecule has 2 aliphatic rings.